The lowest BCUT2D eigenvalue weighted by Gasteiger charge is -2.43. The van der Waals surface area contributed by atoms with Crippen LogP contribution in [0, 0.1) is 0 Å². The summed E-state index contributed by atoms with van der Waals surface area (Å²) < 4.78 is 2.06. The number of nitrogens with zero attached hydrogens (tertiary/aromatic N) is 4. The van der Waals surface area contributed by atoms with Crippen LogP contribution < -0.4 is 10.2 Å². The fraction of sp³-hybridized carbons (Fsp3) is 0.333. The molecule has 2 aromatic carbocycles. The summed E-state index contributed by atoms with van der Waals surface area (Å²) in [5.41, 5.74) is 1.33. The topological polar surface area (TPSA) is 80.1 Å². The van der Waals surface area contributed by atoms with Crippen molar-refractivity contribution in [3.05, 3.63) is 60.4 Å². The van der Waals surface area contributed by atoms with Gasteiger partial charge in [-0.25, -0.2) is 0 Å². The van der Waals surface area contributed by atoms with Gasteiger partial charge in [-0.1, -0.05) is 42.1 Å². The quantitative estimate of drug-likeness (QED) is 0.587. The van der Waals surface area contributed by atoms with Gasteiger partial charge in [-0.3, -0.25) is 19.1 Å². The van der Waals surface area contributed by atoms with Crippen LogP contribution in [-0.4, -0.2) is 37.4 Å². The molecule has 0 radical (unpaired) electrons. The van der Waals surface area contributed by atoms with Gasteiger partial charge in [0.25, 0.3) is 0 Å². The second kappa shape index (κ2) is 7.78. The van der Waals surface area contributed by atoms with Gasteiger partial charge in [-0.2, -0.15) is 0 Å². The van der Waals surface area contributed by atoms with E-state index in [2.05, 4.69) is 20.1 Å². The van der Waals surface area contributed by atoms with E-state index in [-0.39, 0.29) is 11.8 Å². The Morgan fingerprint density at radius 2 is 1.78 bits per heavy atom. The van der Waals surface area contributed by atoms with Gasteiger partial charge in [0.15, 0.2) is 5.16 Å². The van der Waals surface area contributed by atoms with Crippen LogP contribution in [0.15, 0.2) is 59.8 Å². The molecule has 7 nitrogen and oxygen atoms in total. The largest absolute Gasteiger partial charge is 0.322 e. The van der Waals surface area contributed by atoms with Crippen molar-refractivity contribution in [1.82, 2.24) is 14.8 Å². The highest BCUT2D eigenvalue weighted by Crippen LogP contribution is 2.42. The Hall–Kier alpha value is -3.13. The van der Waals surface area contributed by atoms with E-state index in [0.717, 1.165) is 24.4 Å². The lowest BCUT2D eigenvalue weighted by Crippen LogP contribution is -2.60. The van der Waals surface area contributed by atoms with E-state index in [1.54, 1.807) is 18.7 Å². The Kier molecular flexibility index (Phi) is 5.04. The molecule has 1 aliphatic heterocycles. The van der Waals surface area contributed by atoms with Gasteiger partial charge >= 0.3 is 0 Å². The number of carbonyl (C=O) groups is 2. The highest BCUT2D eigenvalue weighted by Gasteiger charge is 2.45. The first-order valence-corrected chi connectivity index (χ1v) is 11.7. The Labute approximate surface area is 191 Å². The fourth-order valence-corrected chi connectivity index (χ4v) is 4.93. The van der Waals surface area contributed by atoms with Crippen molar-refractivity contribution in [2.75, 3.05) is 10.2 Å². The molecule has 1 saturated carbocycles. The number of carbonyl (C=O) groups excluding carboxylic acids is 2. The average molecular weight is 448 g/mol. The molecule has 1 fully saturated rings. The summed E-state index contributed by atoms with van der Waals surface area (Å²) in [4.78, 5) is 28.1. The minimum Gasteiger partial charge on any atom is -0.322 e. The summed E-state index contributed by atoms with van der Waals surface area (Å²) in [6, 6.07) is 17.4. The van der Waals surface area contributed by atoms with E-state index in [1.807, 2.05) is 61.5 Å². The normalized spacial score (nSPS) is 18.1. The number of hydrogen-bond donors (Lipinski definition) is 1. The van der Waals surface area contributed by atoms with Crippen molar-refractivity contribution >= 4 is 35.0 Å². The second-order valence-electron chi connectivity index (χ2n) is 8.75. The predicted molar refractivity (Wildman–Crippen MR) is 125 cm³/mol. The number of hydrogen-bond acceptors (Lipinski definition) is 5. The van der Waals surface area contributed by atoms with Gasteiger partial charge in [-0.05, 0) is 57.9 Å². The van der Waals surface area contributed by atoms with Crippen LogP contribution >= 0.6 is 11.8 Å². The first kappa shape index (κ1) is 20.8. The molecule has 1 aromatic heterocycles. The number of aromatic nitrogens is 3. The monoisotopic (exact) mass is 447 g/mol. The van der Waals surface area contributed by atoms with Crippen LogP contribution in [0.25, 0.3) is 5.69 Å². The first-order valence-electron chi connectivity index (χ1n) is 10.8. The van der Waals surface area contributed by atoms with E-state index < -0.39 is 10.8 Å². The van der Waals surface area contributed by atoms with Crippen molar-refractivity contribution in [2.45, 2.75) is 55.5 Å². The molecule has 164 valence electrons. The molecule has 2 amide bonds. The molecule has 1 atom stereocenters. The molecule has 0 spiro atoms. The summed E-state index contributed by atoms with van der Waals surface area (Å²) >= 11 is 1.38. The van der Waals surface area contributed by atoms with Crippen molar-refractivity contribution in [3.63, 3.8) is 0 Å². The number of benzene rings is 2. The van der Waals surface area contributed by atoms with Crippen molar-refractivity contribution in [3.8, 4) is 5.69 Å². The van der Waals surface area contributed by atoms with Gasteiger partial charge in [0.2, 0.25) is 11.8 Å². The Balaban J connectivity index is 1.48. The summed E-state index contributed by atoms with van der Waals surface area (Å²) in [7, 11) is 0. The van der Waals surface area contributed by atoms with Gasteiger partial charge < -0.3 is 5.32 Å². The molecule has 2 aliphatic rings. The molecule has 8 heteroatoms. The number of nitrogens with one attached hydrogen (secondary N) is 1. The average Bonchev–Trinajstić information content (AvgIpc) is 3.55. The van der Waals surface area contributed by atoms with Crippen LogP contribution in [0.4, 0.5) is 11.4 Å². The van der Waals surface area contributed by atoms with Crippen LogP contribution in [0.5, 0.6) is 0 Å². The zero-order valence-electron chi connectivity index (χ0n) is 18.3. The molecule has 3 aromatic rings. The fourth-order valence-electron chi connectivity index (χ4n) is 4.02. The summed E-state index contributed by atoms with van der Waals surface area (Å²) in [6.07, 6.45) is 2.22. The molecule has 0 bridgehead atoms. The van der Waals surface area contributed by atoms with Gasteiger partial charge in [0.1, 0.15) is 11.4 Å². The Morgan fingerprint density at radius 3 is 2.50 bits per heavy atom. The van der Waals surface area contributed by atoms with E-state index in [1.165, 1.54) is 11.8 Å². The highest BCUT2D eigenvalue weighted by atomic mass is 32.2. The smallest absolute Gasteiger partial charge is 0.250 e. The van der Waals surface area contributed by atoms with Crippen LogP contribution in [-0.2, 0) is 9.59 Å². The number of para-hydroxylation sites is 3. The molecular formula is C24H25N5O2S. The van der Waals surface area contributed by atoms with Crippen molar-refractivity contribution in [2.24, 2.45) is 0 Å². The standard InChI is InChI=1S/C24H25N5O2S/c1-15(21(30)29-19-12-8-7-11-18(19)25-22(31)24(29,2)3)32-23-27-26-20(16-13-14-16)28(23)17-9-5-4-6-10-17/h4-12,15-16H,13-14H2,1-3H3,(H,25,31). The molecule has 0 saturated heterocycles. The van der Waals surface area contributed by atoms with Gasteiger partial charge in [-0.15, -0.1) is 10.2 Å². The lowest BCUT2D eigenvalue weighted by molar-refractivity contribution is -0.126. The molecule has 2 heterocycles. The number of fused-ring (bicyclic) bond motifs is 1. The maximum Gasteiger partial charge on any atom is 0.250 e. The summed E-state index contributed by atoms with van der Waals surface area (Å²) in [5, 5.41) is 12.0. The SMILES string of the molecule is CC(Sc1nnc(C2CC2)n1-c1ccccc1)C(=O)N1c2ccccc2NC(=O)C1(C)C. The summed E-state index contributed by atoms with van der Waals surface area (Å²) in [6.45, 7) is 5.40. The molecule has 5 rings (SSSR count). The number of thioether (sulfide) groups is 1. The van der Waals surface area contributed by atoms with Crippen molar-refractivity contribution < 1.29 is 9.59 Å². The third-order valence-electron chi connectivity index (χ3n) is 5.97. The minimum atomic E-state index is -1.01. The maximum atomic E-state index is 13.7. The van der Waals surface area contributed by atoms with Crippen LogP contribution in [0.3, 0.4) is 0 Å². The highest BCUT2D eigenvalue weighted by molar-refractivity contribution is 8.00. The second-order valence-corrected chi connectivity index (χ2v) is 10.1. The Morgan fingerprint density at radius 1 is 1.09 bits per heavy atom. The van der Waals surface area contributed by atoms with Gasteiger partial charge in [0.05, 0.1) is 16.6 Å². The third-order valence-corrected chi connectivity index (χ3v) is 7.00. The third kappa shape index (κ3) is 3.48. The minimum absolute atomic E-state index is 0.141. The maximum absolute atomic E-state index is 13.7. The Bertz CT molecular complexity index is 1190. The predicted octanol–water partition coefficient (Wildman–Crippen LogP) is 4.39. The van der Waals surface area contributed by atoms with E-state index >= 15 is 0 Å². The molecule has 1 unspecified atom stereocenters. The first-order chi connectivity index (χ1) is 15.4. The number of rotatable bonds is 5. The molecule has 1 N–H and O–H groups in total. The lowest BCUT2D eigenvalue weighted by atomic mass is 9.96. The molecule has 1 aliphatic carbocycles. The van der Waals surface area contributed by atoms with Gasteiger partial charge in [0, 0.05) is 11.6 Å². The number of anilines is 2. The number of amides is 2. The van der Waals surface area contributed by atoms with E-state index in [4.69, 9.17) is 0 Å². The zero-order chi connectivity index (χ0) is 22.5. The molecular weight excluding hydrogens is 422 g/mol. The van der Waals surface area contributed by atoms with Crippen LogP contribution in [0.2, 0.25) is 0 Å². The zero-order valence-corrected chi connectivity index (χ0v) is 19.1. The van der Waals surface area contributed by atoms with E-state index in [0.29, 0.717) is 22.4 Å². The molecule has 32 heavy (non-hydrogen) atoms. The van der Waals surface area contributed by atoms with Crippen molar-refractivity contribution in [1.29, 1.82) is 0 Å². The summed E-state index contributed by atoms with van der Waals surface area (Å²) in [5.74, 6) is 1.02. The van der Waals surface area contributed by atoms with Crippen LogP contribution in [0.1, 0.15) is 45.4 Å². The van der Waals surface area contributed by atoms with E-state index in [9.17, 15) is 9.59 Å².